The number of hydrogen-bond acceptors (Lipinski definition) is 2. The summed E-state index contributed by atoms with van der Waals surface area (Å²) in [5.74, 6) is -0.739. The summed E-state index contributed by atoms with van der Waals surface area (Å²) in [5, 5.41) is 11.2. The van der Waals surface area contributed by atoms with Gasteiger partial charge in [-0.05, 0) is 33.0 Å². The van der Waals surface area contributed by atoms with E-state index in [0.29, 0.717) is 6.42 Å². The average molecular weight is 209 g/mol. The molecule has 0 aliphatic heterocycles. The van der Waals surface area contributed by atoms with E-state index in [9.17, 15) is 4.79 Å². The number of rotatable bonds is 3. The summed E-state index contributed by atoms with van der Waals surface area (Å²) in [5.41, 5.74) is 2.27. The van der Waals surface area contributed by atoms with Crippen LogP contribution in [-0.2, 0) is 11.2 Å². The normalized spacial score (nSPS) is 9.00. The number of nitrogens with one attached hydrogen (secondary N) is 1. The molecule has 1 aromatic rings. The van der Waals surface area contributed by atoms with Crippen LogP contribution in [0.25, 0.3) is 0 Å². The Kier molecular flexibility index (Phi) is 7.28. The fourth-order valence-corrected chi connectivity index (χ4v) is 1.12. The van der Waals surface area contributed by atoms with Crippen molar-refractivity contribution >= 4 is 5.97 Å². The van der Waals surface area contributed by atoms with Gasteiger partial charge in [0.25, 0.3) is 0 Å². The first kappa shape index (κ1) is 13.7. The highest BCUT2D eigenvalue weighted by atomic mass is 16.4. The third kappa shape index (κ3) is 7.70. The van der Waals surface area contributed by atoms with Gasteiger partial charge in [0.05, 0.1) is 0 Å². The second kappa shape index (κ2) is 8.00. The number of aliphatic carboxylic acids is 1. The summed E-state index contributed by atoms with van der Waals surface area (Å²) in [6.07, 6.45) is 0.834. The van der Waals surface area contributed by atoms with E-state index in [1.165, 1.54) is 5.56 Å². The van der Waals surface area contributed by atoms with E-state index < -0.39 is 5.97 Å². The van der Waals surface area contributed by atoms with Crippen LogP contribution < -0.4 is 5.32 Å². The van der Waals surface area contributed by atoms with Gasteiger partial charge in [-0.15, -0.1) is 0 Å². The minimum Gasteiger partial charge on any atom is -0.481 e. The maximum atomic E-state index is 10.3. The van der Waals surface area contributed by atoms with Crippen molar-refractivity contribution in [3.63, 3.8) is 0 Å². The molecular formula is C12H19NO2. The Hall–Kier alpha value is -1.35. The molecule has 0 radical (unpaired) electrons. The van der Waals surface area contributed by atoms with Gasteiger partial charge in [-0.1, -0.05) is 29.8 Å². The van der Waals surface area contributed by atoms with E-state index in [4.69, 9.17) is 5.11 Å². The topological polar surface area (TPSA) is 49.3 Å². The number of hydrogen-bond donors (Lipinski definition) is 2. The molecule has 0 saturated carbocycles. The first-order chi connectivity index (χ1) is 7.10. The highest BCUT2D eigenvalue weighted by Crippen LogP contribution is 2.06. The van der Waals surface area contributed by atoms with Crippen LogP contribution in [0.15, 0.2) is 24.3 Å². The Bertz CT molecular complexity index is 297. The molecule has 0 aromatic heterocycles. The van der Waals surface area contributed by atoms with Crippen molar-refractivity contribution in [2.75, 3.05) is 14.1 Å². The molecule has 3 nitrogen and oxygen atoms in total. The molecule has 0 bridgehead atoms. The number of benzene rings is 1. The zero-order valence-corrected chi connectivity index (χ0v) is 9.58. The molecule has 0 atom stereocenters. The van der Waals surface area contributed by atoms with Gasteiger partial charge in [0.1, 0.15) is 0 Å². The average Bonchev–Trinajstić information content (AvgIpc) is 2.16. The number of aryl methyl sites for hydroxylation is 2. The number of carboxylic acids is 1. The van der Waals surface area contributed by atoms with Crippen LogP contribution >= 0.6 is 0 Å². The van der Waals surface area contributed by atoms with Crippen molar-refractivity contribution in [1.29, 1.82) is 0 Å². The molecule has 0 amide bonds. The van der Waals surface area contributed by atoms with E-state index in [1.54, 1.807) is 0 Å². The third-order valence-corrected chi connectivity index (χ3v) is 1.71. The van der Waals surface area contributed by atoms with E-state index in [1.807, 2.05) is 45.3 Å². The molecule has 0 fully saturated rings. The van der Waals surface area contributed by atoms with Crippen LogP contribution in [0.5, 0.6) is 0 Å². The highest BCUT2D eigenvalue weighted by Gasteiger charge is 1.98. The van der Waals surface area contributed by atoms with E-state index in [0.717, 1.165) is 5.56 Å². The summed E-state index contributed by atoms with van der Waals surface area (Å²) >= 11 is 0. The molecule has 0 aliphatic rings. The van der Waals surface area contributed by atoms with Crippen LogP contribution in [0.2, 0.25) is 0 Å². The zero-order chi connectivity index (χ0) is 11.7. The fraction of sp³-hybridized carbons (Fsp3) is 0.417. The fourth-order valence-electron chi connectivity index (χ4n) is 1.12. The molecule has 1 aromatic carbocycles. The first-order valence-corrected chi connectivity index (χ1v) is 4.96. The Morgan fingerprint density at radius 3 is 2.47 bits per heavy atom. The maximum absolute atomic E-state index is 10.3. The van der Waals surface area contributed by atoms with Crippen LogP contribution in [0.4, 0.5) is 0 Å². The minimum atomic E-state index is -0.739. The lowest BCUT2D eigenvalue weighted by Gasteiger charge is -1.98. The molecule has 1 rings (SSSR count). The highest BCUT2D eigenvalue weighted by molar-refractivity contribution is 5.67. The maximum Gasteiger partial charge on any atom is 0.303 e. The summed E-state index contributed by atoms with van der Waals surface area (Å²) in [7, 11) is 3.75. The SMILES string of the molecule is CNC.Cc1cccc(CCC(=O)O)c1. The van der Waals surface area contributed by atoms with Crippen molar-refractivity contribution in [3.8, 4) is 0 Å². The third-order valence-electron chi connectivity index (χ3n) is 1.71. The lowest BCUT2D eigenvalue weighted by atomic mass is 10.1. The van der Waals surface area contributed by atoms with Crippen molar-refractivity contribution < 1.29 is 9.90 Å². The van der Waals surface area contributed by atoms with Crippen molar-refractivity contribution in [2.45, 2.75) is 19.8 Å². The lowest BCUT2D eigenvalue weighted by Crippen LogP contribution is -1.97. The largest absolute Gasteiger partial charge is 0.481 e. The van der Waals surface area contributed by atoms with Crippen molar-refractivity contribution in [2.24, 2.45) is 0 Å². The summed E-state index contributed by atoms with van der Waals surface area (Å²) in [4.78, 5) is 10.3. The quantitative estimate of drug-likeness (QED) is 0.798. The molecular weight excluding hydrogens is 190 g/mol. The summed E-state index contributed by atoms with van der Waals surface area (Å²) in [6, 6.07) is 7.93. The van der Waals surface area contributed by atoms with E-state index in [-0.39, 0.29) is 6.42 Å². The molecule has 0 saturated heterocycles. The molecule has 15 heavy (non-hydrogen) atoms. The van der Waals surface area contributed by atoms with Gasteiger partial charge in [0.15, 0.2) is 0 Å². The smallest absolute Gasteiger partial charge is 0.303 e. The van der Waals surface area contributed by atoms with E-state index >= 15 is 0 Å². The van der Waals surface area contributed by atoms with Crippen LogP contribution in [-0.4, -0.2) is 25.2 Å². The Morgan fingerprint density at radius 1 is 1.40 bits per heavy atom. The molecule has 0 heterocycles. The van der Waals surface area contributed by atoms with Gasteiger partial charge < -0.3 is 10.4 Å². The van der Waals surface area contributed by atoms with Gasteiger partial charge in [-0.3, -0.25) is 4.79 Å². The molecule has 84 valence electrons. The van der Waals surface area contributed by atoms with Crippen molar-refractivity contribution in [1.82, 2.24) is 5.32 Å². The van der Waals surface area contributed by atoms with Gasteiger partial charge >= 0.3 is 5.97 Å². The van der Waals surface area contributed by atoms with E-state index in [2.05, 4.69) is 5.32 Å². The second-order valence-electron chi connectivity index (χ2n) is 3.38. The second-order valence-corrected chi connectivity index (χ2v) is 3.38. The summed E-state index contributed by atoms with van der Waals surface area (Å²) < 4.78 is 0. The molecule has 3 heteroatoms. The molecule has 0 spiro atoms. The predicted octanol–water partition coefficient (Wildman–Crippen LogP) is 1.85. The predicted molar refractivity (Wildman–Crippen MR) is 62.1 cm³/mol. The molecule has 0 unspecified atom stereocenters. The number of carboxylic acid groups (broad SMARTS) is 1. The molecule has 0 aliphatic carbocycles. The van der Waals surface area contributed by atoms with Gasteiger partial charge in [0, 0.05) is 6.42 Å². The van der Waals surface area contributed by atoms with Crippen LogP contribution in [0, 0.1) is 6.92 Å². The summed E-state index contributed by atoms with van der Waals surface area (Å²) in [6.45, 7) is 2.00. The minimum absolute atomic E-state index is 0.212. The Balaban J connectivity index is 0.000000583. The monoisotopic (exact) mass is 209 g/mol. The van der Waals surface area contributed by atoms with Gasteiger partial charge in [0.2, 0.25) is 0 Å². The van der Waals surface area contributed by atoms with Crippen LogP contribution in [0.1, 0.15) is 17.5 Å². The molecule has 2 N–H and O–H groups in total. The zero-order valence-electron chi connectivity index (χ0n) is 9.58. The Morgan fingerprint density at radius 2 is 2.00 bits per heavy atom. The van der Waals surface area contributed by atoms with Crippen molar-refractivity contribution in [3.05, 3.63) is 35.4 Å². The van der Waals surface area contributed by atoms with Crippen LogP contribution in [0.3, 0.4) is 0 Å². The van der Waals surface area contributed by atoms with Gasteiger partial charge in [-0.2, -0.15) is 0 Å². The number of carbonyl (C=O) groups is 1. The lowest BCUT2D eigenvalue weighted by molar-refractivity contribution is -0.136. The standard InChI is InChI=1S/C10H12O2.C2H7N/c1-8-3-2-4-9(7-8)5-6-10(11)12;1-3-2/h2-4,7H,5-6H2,1H3,(H,11,12);3H,1-2H3. The first-order valence-electron chi connectivity index (χ1n) is 4.96. The Labute approximate surface area is 91.1 Å². The van der Waals surface area contributed by atoms with Gasteiger partial charge in [-0.25, -0.2) is 0 Å².